The first-order valence-corrected chi connectivity index (χ1v) is 23.1. The van der Waals surface area contributed by atoms with Gasteiger partial charge in [-0.25, -0.2) is 9.97 Å². The summed E-state index contributed by atoms with van der Waals surface area (Å²) in [7, 11) is 1.99. The molecular formula is C47H60ClN9O7. The van der Waals surface area contributed by atoms with E-state index in [4.69, 9.17) is 35.5 Å². The quantitative estimate of drug-likeness (QED) is 0.0547. The molecule has 4 N–H and O–H groups in total. The molecule has 3 amide bonds. The van der Waals surface area contributed by atoms with Crippen LogP contribution in [0.3, 0.4) is 0 Å². The number of imide groups is 1. The van der Waals surface area contributed by atoms with E-state index in [1.54, 1.807) is 18.3 Å². The van der Waals surface area contributed by atoms with Gasteiger partial charge < -0.3 is 39.8 Å². The minimum atomic E-state index is -0.659. The zero-order valence-electron chi connectivity index (χ0n) is 36.6. The number of fused-ring (bicyclic) bond motifs is 1. The molecule has 17 heteroatoms. The van der Waals surface area contributed by atoms with E-state index in [-0.39, 0.29) is 24.8 Å². The summed E-state index contributed by atoms with van der Waals surface area (Å²) in [6.07, 6.45) is 11.9. The molecule has 2 aromatic heterocycles. The maximum absolute atomic E-state index is 13.1. The van der Waals surface area contributed by atoms with Gasteiger partial charge in [0.1, 0.15) is 18.4 Å². The Kier molecular flexibility index (Phi) is 15.9. The van der Waals surface area contributed by atoms with Crippen molar-refractivity contribution in [2.24, 2.45) is 13.0 Å². The fourth-order valence-electron chi connectivity index (χ4n) is 8.61. The van der Waals surface area contributed by atoms with Crippen LogP contribution in [0.5, 0.6) is 5.75 Å². The molecule has 1 saturated heterocycles. The molecule has 0 spiro atoms. The van der Waals surface area contributed by atoms with Gasteiger partial charge in [0.25, 0.3) is 5.91 Å². The van der Waals surface area contributed by atoms with Crippen molar-refractivity contribution >= 4 is 35.3 Å². The van der Waals surface area contributed by atoms with Crippen LogP contribution in [-0.4, -0.2) is 113 Å². The second kappa shape index (κ2) is 22.3. The van der Waals surface area contributed by atoms with Crippen molar-refractivity contribution in [1.29, 1.82) is 0 Å². The van der Waals surface area contributed by atoms with Gasteiger partial charge in [-0.15, -0.1) is 0 Å². The summed E-state index contributed by atoms with van der Waals surface area (Å²) in [6.45, 7) is 6.23. The normalized spacial score (nSPS) is 19.8. The molecule has 1 atom stereocenters. The lowest BCUT2D eigenvalue weighted by Gasteiger charge is -2.29. The van der Waals surface area contributed by atoms with Gasteiger partial charge in [-0.2, -0.15) is 5.10 Å². The topological polar surface area (TPSA) is 183 Å². The highest BCUT2D eigenvalue weighted by Gasteiger charge is 2.40. The van der Waals surface area contributed by atoms with Gasteiger partial charge in [-0.3, -0.25) is 24.4 Å². The number of halogens is 1. The van der Waals surface area contributed by atoms with Gasteiger partial charge in [0.2, 0.25) is 17.8 Å². The van der Waals surface area contributed by atoms with Gasteiger partial charge >= 0.3 is 0 Å². The van der Waals surface area contributed by atoms with E-state index in [1.807, 2.05) is 36.1 Å². The highest BCUT2D eigenvalue weighted by atomic mass is 35.5. The number of anilines is 1. The Morgan fingerprint density at radius 3 is 2.28 bits per heavy atom. The number of nitrogens with zero attached hydrogens (tertiary/aromatic N) is 5. The van der Waals surface area contributed by atoms with Crippen molar-refractivity contribution < 1.29 is 33.3 Å². The number of amides is 3. The minimum Gasteiger partial charge on any atom is -0.489 e. The summed E-state index contributed by atoms with van der Waals surface area (Å²) in [5, 5.41) is 18.0. The number of hydrogen-bond donors (Lipinski definition) is 4. The van der Waals surface area contributed by atoms with Gasteiger partial charge in [0.15, 0.2) is 0 Å². The summed E-state index contributed by atoms with van der Waals surface area (Å²) in [5.74, 6) is 1.03. The molecule has 2 aliphatic heterocycles. The number of carbonyl (C=O) groups is 3. The Bertz CT molecular complexity index is 2210. The summed E-state index contributed by atoms with van der Waals surface area (Å²) in [6, 6.07) is 13.7. The third-order valence-electron chi connectivity index (χ3n) is 12.4. The lowest BCUT2D eigenvalue weighted by molar-refractivity contribution is -0.136. The van der Waals surface area contributed by atoms with Crippen molar-refractivity contribution in [1.82, 2.24) is 40.6 Å². The molecule has 342 valence electrons. The van der Waals surface area contributed by atoms with Crippen molar-refractivity contribution in [2.75, 3.05) is 58.0 Å². The number of benzene rings is 2. The van der Waals surface area contributed by atoms with Crippen molar-refractivity contribution in [3.05, 3.63) is 87.8 Å². The zero-order chi connectivity index (χ0) is 44.3. The van der Waals surface area contributed by atoms with Gasteiger partial charge in [0.05, 0.1) is 69.3 Å². The molecule has 64 heavy (non-hydrogen) atoms. The number of aryl methyl sites for hydroxylation is 1. The number of rotatable bonds is 24. The second-order valence-corrected chi connectivity index (χ2v) is 17.5. The Morgan fingerprint density at radius 2 is 1.53 bits per heavy atom. The number of ether oxygens (including phenoxy) is 4. The van der Waals surface area contributed by atoms with Crippen LogP contribution in [0.15, 0.2) is 54.9 Å². The van der Waals surface area contributed by atoms with Crippen LogP contribution in [0.1, 0.15) is 84.1 Å². The third kappa shape index (κ3) is 12.2. The number of nitrogens with one attached hydrogen (secondary N) is 4. The summed E-state index contributed by atoms with van der Waals surface area (Å²) < 4.78 is 25.3. The minimum absolute atomic E-state index is 0.216. The molecule has 2 saturated carbocycles. The fraction of sp³-hybridized carbons (Fsp3) is 0.532. The molecule has 4 heterocycles. The molecule has 16 nitrogen and oxygen atoms in total. The highest BCUT2D eigenvalue weighted by Crippen LogP contribution is 2.37. The molecule has 4 aromatic rings. The predicted molar refractivity (Wildman–Crippen MR) is 241 cm³/mol. The number of aromatic nitrogens is 4. The molecule has 2 aliphatic carbocycles. The van der Waals surface area contributed by atoms with Gasteiger partial charge in [0, 0.05) is 67.6 Å². The lowest BCUT2D eigenvalue weighted by atomic mass is 9.91. The number of hydrogen-bond acceptors (Lipinski definition) is 13. The van der Waals surface area contributed by atoms with E-state index in [9.17, 15) is 14.4 Å². The summed E-state index contributed by atoms with van der Waals surface area (Å²) in [5.41, 5.74) is 6.38. The largest absolute Gasteiger partial charge is 0.489 e. The second-order valence-electron chi connectivity index (χ2n) is 17.1. The molecule has 8 rings (SSSR count). The van der Waals surface area contributed by atoms with Crippen molar-refractivity contribution in [3.63, 3.8) is 0 Å². The molecule has 3 fully saturated rings. The Labute approximate surface area is 379 Å². The van der Waals surface area contributed by atoms with Crippen LogP contribution >= 0.6 is 11.6 Å². The molecule has 4 aliphatic rings. The first kappa shape index (κ1) is 45.6. The smallest absolute Gasteiger partial charge is 0.255 e. The molecule has 0 unspecified atom stereocenters. The van der Waals surface area contributed by atoms with E-state index >= 15 is 0 Å². The monoisotopic (exact) mass is 897 g/mol. The average Bonchev–Trinajstić information content (AvgIpc) is 3.97. The highest BCUT2D eigenvalue weighted by molar-refractivity contribution is 6.33. The average molecular weight is 899 g/mol. The number of carbonyl (C=O) groups excluding carboxylic acids is 3. The fourth-order valence-corrected chi connectivity index (χ4v) is 8.80. The molecule has 0 radical (unpaired) electrons. The predicted octanol–water partition coefficient (Wildman–Crippen LogP) is 4.98. The van der Waals surface area contributed by atoms with Crippen LogP contribution in [0.2, 0.25) is 5.02 Å². The van der Waals surface area contributed by atoms with Crippen molar-refractivity contribution in [2.45, 2.75) is 95.6 Å². The van der Waals surface area contributed by atoms with E-state index < -0.39 is 11.9 Å². The van der Waals surface area contributed by atoms with Crippen LogP contribution in [0.4, 0.5) is 5.95 Å². The SMILES string of the molecule is Cn1ncc(-c2nc(NC3CCC(NCCOCCOCCOCCNCc4ccc(COc5cccc6c5CN([C@H]5CCC(=O)NC5=O)C6=O)cc4)CC3)ncc2Cl)c1CC1CC1. The van der Waals surface area contributed by atoms with Gasteiger partial charge in [-0.1, -0.05) is 41.9 Å². The van der Waals surface area contributed by atoms with E-state index in [0.29, 0.717) is 93.6 Å². The first-order chi connectivity index (χ1) is 31.3. The Hall–Kier alpha value is -4.97. The van der Waals surface area contributed by atoms with Crippen LogP contribution < -0.4 is 26.0 Å². The van der Waals surface area contributed by atoms with Crippen LogP contribution in [0, 0.1) is 5.92 Å². The first-order valence-electron chi connectivity index (χ1n) is 22.7. The van der Waals surface area contributed by atoms with E-state index in [0.717, 1.165) is 79.1 Å². The summed E-state index contributed by atoms with van der Waals surface area (Å²) in [4.78, 5) is 48.0. The van der Waals surface area contributed by atoms with E-state index in [2.05, 4.69) is 43.5 Å². The zero-order valence-corrected chi connectivity index (χ0v) is 37.4. The molecular weight excluding hydrogens is 838 g/mol. The third-order valence-corrected chi connectivity index (χ3v) is 12.7. The maximum atomic E-state index is 13.1. The summed E-state index contributed by atoms with van der Waals surface area (Å²) >= 11 is 6.58. The number of piperidine rings is 1. The molecule has 0 bridgehead atoms. The lowest BCUT2D eigenvalue weighted by Crippen LogP contribution is -2.52. The Morgan fingerprint density at radius 1 is 0.812 bits per heavy atom. The van der Waals surface area contributed by atoms with Crippen LogP contribution in [-0.2, 0) is 57.0 Å². The standard InChI is InChI=1S/C47H60ClN9O7/c1-56-41(25-31-5-6-31)37(27-52-56)44-39(48)28-51-47(55-44)53-35-13-11-34(12-14-35)50-18-20-62-22-24-63-23-21-61-19-17-49-26-32-7-9-33(10-8-32)30-64-42-4-2-3-36-38(42)29-57(46(36)60)40-15-16-43(58)54-45(40)59/h2-4,7-10,27-28,31,34-35,40,49-50H,5-6,11-26,29-30H2,1H3,(H,51,53,55)(H,54,58,59)/t34?,35?,40-/m0/s1. The maximum Gasteiger partial charge on any atom is 0.255 e. The van der Waals surface area contributed by atoms with Crippen molar-refractivity contribution in [3.8, 4) is 17.0 Å². The van der Waals surface area contributed by atoms with E-state index in [1.165, 1.54) is 23.4 Å². The van der Waals surface area contributed by atoms with Crippen LogP contribution in [0.25, 0.3) is 11.3 Å². The molecule has 2 aromatic carbocycles. The van der Waals surface area contributed by atoms with Gasteiger partial charge in [-0.05, 0) is 80.5 Å². The Balaban J connectivity index is 0.616.